The van der Waals surface area contributed by atoms with Gasteiger partial charge in [-0.05, 0) is 55.1 Å². The number of nitrogens with one attached hydrogen (secondary N) is 1. The molecule has 1 N–H and O–H groups in total. The van der Waals surface area contributed by atoms with Crippen molar-refractivity contribution in [1.29, 1.82) is 0 Å². The summed E-state index contributed by atoms with van der Waals surface area (Å²) in [6.07, 6.45) is 4.00. The molecule has 156 valence electrons. The zero-order chi connectivity index (χ0) is 20.8. The molecule has 1 fully saturated rings. The van der Waals surface area contributed by atoms with Crippen molar-refractivity contribution in [2.45, 2.75) is 25.4 Å². The summed E-state index contributed by atoms with van der Waals surface area (Å²) < 4.78 is 5.37. The van der Waals surface area contributed by atoms with Crippen molar-refractivity contribution < 1.29 is 9.53 Å². The van der Waals surface area contributed by atoms with Crippen molar-refractivity contribution in [2.75, 3.05) is 20.2 Å². The smallest absolute Gasteiger partial charge is 0.251 e. The number of methoxy groups -OCH3 is 1. The van der Waals surface area contributed by atoms with Gasteiger partial charge in [0.25, 0.3) is 5.91 Å². The van der Waals surface area contributed by atoms with Crippen LogP contribution in [-0.4, -0.2) is 36.0 Å². The van der Waals surface area contributed by atoms with E-state index in [1.54, 1.807) is 18.4 Å². The van der Waals surface area contributed by atoms with E-state index in [9.17, 15) is 4.79 Å². The highest BCUT2D eigenvalue weighted by Crippen LogP contribution is 2.32. The first-order valence-electron chi connectivity index (χ1n) is 10.3. The highest BCUT2D eigenvalue weighted by atomic mass is 32.1. The Balaban J connectivity index is 1.48. The zero-order valence-corrected chi connectivity index (χ0v) is 18.0. The summed E-state index contributed by atoms with van der Waals surface area (Å²) in [4.78, 5) is 19.9. The van der Waals surface area contributed by atoms with Crippen LogP contribution in [0.15, 0.2) is 66.2 Å². The van der Waals surface area contributed by atoms with E-state index in [1.165, 1.54) is 5.56 Å². The SMILES string of the molecule is COc1cccc(CN2CCC[C@H]([C@@H](NC(=O)c3ccccc3)c3nccs3)C2)c1. The van der Waals surface area contributed by atoms with Gasteiger partial charge < -0.3 is 10.1 Å². The number of ether oxygens (including phenoxy) is 1. The highest BCUT2D eigenvalue weighted by molar-refractivity contribution is 7.09. The molecule has 1 amide bonds. The lowest BCUT2D eigenvalue weighted by atomic mass is 9.90. The fraction of sp³-hybridized carbons (Fsp3) is 0.333. The standard InChI is InChI=1S/C24H27N3O2S/c1-29-21-11-5-7-18(15-21)16-27-13-6-10-20(17-27)22(24-25-12-14-30-24)26-23(28)19-8-3-2-4-9-19/h2-5,7-9,11-12,14-15,20,22H,6,10,13,16-17H2,1H3,(H,26,28)/t20-,22+/m0/s1. The minimum atomic E-state index is -0.0779. The van der Waals surface area contributed by atoms with E-state index in [1.807, 2.05) is 54.0 Å². The van der Waals surface area contributed by atoms with Crippen molar-refractivity contribution in [3.05, 3.63) is 82.3 Å². The first-order chi connectivity index (χ1) is 14.7. The van der Waals surface area contributed by atoms with Gasteiger partial charge >= 0.3 is 0 Å². The van der Waals surface area contributed by atoms with Crippen LogP contribution < -0.4 is 10.1 Å². The van der Waals surface area contributed by atoms with Crippen LogP contribution >= 0.6 is 11.3 Å². The number of hydrogen-bond donors (Lipinski definition) is 1. The lowest BCUT2D eigenvalue weighted by Crippen LogP contribution is -2.42. The number of carbonyl (C=O) groups excluding carboxylic acids is 1. The average Bonchev–Trinajstić information content (AvgIpc) is 3.33. The van der Waals surface area contributed by atoms with E-state index in [-0.39, 0.29) is 11.9 Å². The molecule has 0 saturated carbocycles. The van der Waals surface area contributed by atoms with Crippen LogP contribution in [0.1, 0.15) is 39.8 Å². The molecule has 4 rings (SSSR count). The minimum absolute atomic E-state index is 0.0410. The molecule has 5 nitrogen and oxygen atoms in total. The maximum atomic E-state index is 12.9. The zero-order valence-electron chi connectivity index (χ0n) is 17.2. The number of carbonyl (C=O) groups is 1. The Kier molecular flexibility index (Phi) is 6.77. The maximum absolute atomic E-state index is 12.9. The third-order valence-corrected chi connectivity index (χ3v) is 6.45. The molecule has 0 radical (unpaired) electrons. The molecule has 3 aromatic rings. The number of aromatic nitrogens is 1. The number of benzene rings is 2. The van der Waals surface area contributed by atoms with Crippen molar-refractivity contribution >= 4 is 17.2 Å². The van der Waals surface area contributed by atoms with E-state index in [4.69, 9.17) is 4.74 Å². The number of piperidine rings is 1. The number of hydrogen-bond acceptors (Lipinski definition) is 5. The van der Waals surface area contributed by atoms with Crippen molar-refractivity contribution in [1.82, 2.24) is 15.2 Å². The molecule has 0 unspecified atom stereocenters. The third-order valence-electron chi connectivity index (χ3n) is 5.59. The quantitative estimate of drug-likeness (QED) is 0.609. The van der Waals surface area contributed by atoms with E-state index in [0.29, 0.717) is 11.5 Å². The molecule has 1 aromatic heterocycles. The molecule has 0 spiro atoms. The van der Waals surface area contributed by atoms with Gasteiger partial charge in [-0.15, -0.1) is 11.3 Å². The van der Waals surface area contributed by atoms with E-state index >= 15 is 0 Å². The van der Waals surface area contributed by atoms with Crippen LogP contribution in [0.5, 0.6) is 5.75 Å². The maximum Gasteiger partial charge on any atom is 0.251 e. The number of nitrogens with zero attached hydrogens (tertiary/aromatic N) is 2. The summed E-state index contributed by atoms with van der Waals surface area (Å²) in [5.41, 5.74) is 1.93. The molecule has 2 atom stereocenters. The molecule has 1 saturated heterocycles. The normalized spacial score (nSPS) is 18.0. The van der Waals surface area contributed by atoms with Gasteiger partial charge in [0, 0.05) is 30.2 Å². The van der Waals surface area contributed by atoms with Crippen LogP contribution in [0.3, 0.4) is 0 Å². The van der Waals surface area contributed by atoms with E-state index < -0.39 is 0 Å². The van der Waals surface area contributed by atoms with Gasteiger partial charge in [0.2, 0.25) is 0 Å². The Hall–Kier alpha value is -2.70. The van der Waals surface area contributed by atoms with E-state index in [2.05, 4.69) is 27.3 Å². The predicted octanol–water partition coefficient (Wildman–Crippen LogP) is 4.54. The monoisotopic (exact) mass is 421 g/mol. The molecule has 2 heterocycles. The van der Waals surface area contributed by atoms with Crippen LogP contribution in [-0.2, 0) is 6.54 Å². The summed E-state index contributed by atoms with van der Waals surface area (Å²) in [6, 6.07) is 17.6. The Morgan fingerprint density at radius 1 is 1.27 bits per heavy atom. The van der Waals surface area contributed by atoms with Gasteiger partial charge in [0.05, 0.1) is 13.2 Å². The fourth-order valence-electron chi connectivity index (χ4n) is 4.12. The Labute approximate surface area is 181 Å². The van der Waals surface area contributed by atoms with Crippen molar-refractivity contribution in [3.8, 4) is 5.75 Å². The topological polar surface area (TPSA) is 54.5 Å². The largest absolute Gasteiger partial charge is 0.497 e. The Morgan fingerprint density at radius 2 is 2.13 bits per heavy atom. The molecular formula is C24H27N3O2S. The number of likely N-dealkylation sites (tertiary alicyclic amines) is 1. The first-order valence-corrected chi connectivity index (χ1v) is 11.2. The highest BCUT2D eigenvalue weighted by Gasteiger charge is 2.31. The molecule has 1 aliphatic heterocycles. The molecule has 2 aromatic carbocycles. The lowest BCUT2D eigenvalue weighted by molar-refractivity contribution is 0.0877. The second-order valence-corrected chi connectivity index (χ2v) is 8.60. The summed E-state index contributed by atoms with van der Waals surface area (Å²) in [5, 5.41) is 6.23. The van der Waals surface area contributed by atoms with Gasteiger partial charge in [-0.2, -0.15) is 0 Å². The summed E-state index contributed by atoms with van der Waals surface area (Å²) in [5.74, 6) is 1.17. The predicted molar refractivity (Wildman–Crippen MR) is 120 cm³/mol. The van der Waals surface area contributed by atoms with Gasteiger partial charge in [-0.3, -0.25) is 9.69 Å². The molecular weight excluding hydrogens is 394 g/mol. The van der Waals surface area contributed by atoms with Gasteiger partial charge in [0.15, 0.2) is 0 Å². The second kappa shape index (κ2) is 9.87. The number of rotatable bonds is 7. The minimum Gasteiger partial charge on any atom is -0.497 e. The summed E-state index contributed by atoms with van der Waals surface area (Å²) in [6.45, 7) is 2.87. The van der Waals surface area contributed by atoms with Crippen molar-refractivity contribution in [2.24, 2.45) is 5.92 Å². The van der Waals surface area contributed by atoms with E-state index in [0.717, 1.165) is 43.2 Å². The Bertz CT molecular complexity index is 946. The van der Waals surface area contributed by atoms with Crippen LogP contribution in [0.25, 0.3) is 0 Å². The van der Waals surface area contributed by atoms with Gasteiger partial charge in [-0.1, -0.05) is 30.3 Å². The molecule has 6 heteroatoms. The number of amides is 1. The Morgan fingerprint density at radius 3 is 2.90 bits per heavy atom. The van der Waals surface area contributed by atoms with Gasteiger partial charge in [-0.25, -0.2) is 4.98 Å². The summed E-state index contributed by atoms with van der Waals surface area (Å²) in [7, 11) is 1.70. The molecule has 0 aliphatic carbocycles. The molecule has 1 aliphatic rings. The van der Waals surface area contributed by atoms with Crippen LogP contribution in [0.4, 0.5) is 0 Å². The summed E-state index contributed by atoms with van der Waals surface area (Å²) >= 11 is 1.61. The van der Waals surface area contributed by atoms with Gasteiger partial charge in [0.1, 0.15) is 10.8 Å². The van der Waals surface area contributed by atoms with Crippen LogP contribution in [0.2, 0.25) is 0 Å². The average molecular weight is 422 g/mol. The third kappa shape index (κ3) is 5.07. The fourth-order valence-corrected chi connectivity index (χ4v) is 4.90. The molecule has 30 heavy (non-hydrogen) atoms. The number of thiazole rings is 1. The first kappa shape index (κ1) is 20.6. The van der Waals surface area contributed by atoms with Crippen molar-refractivity contribution in [3.63, 3.8) is 0 Å². The lowest BCUT2D eigenvalue weighted by Gasteiger charge is -2.36. The molecule has 0 bridgehead atoms. The van der Waals surface area contributed by atoms with Crippen LogP contribution in [0, 0.1) is 5.92 Å². The second-order valence-electron chi connectivity index (χ2n) is 7.68.